The Morgan fingerprint density at radius 2 is 2.05 bits per heavy atom. The van der Waals surface area contributed by atoms with E-state index in [4.69, 9.17) is 4.74 Å². The molecule has 1 amide bonds. The van der Waals surface area contributed by atoms with E-state index in [1.807, 2.05) is 30.3 Å². The van der Waals surface area contributed by atoms with Crippen molar-refractivity contribution in [2.45, 2.75) is 19.4 Å². The summed E-state index contributed by atoms with van der Waals surface area (Å²) in [6.45, 7) is 5.17. The molecule has 2 unspecified atom stereocenters. The lowest BCUT2D eigenvalue weighted by Crippen LogP contribution is -2.42. The molecule has 0 bridgehead atoms. The van der Waals surface area contributed by atoms with Crippen molar-refractivity contribution in [1.82, 2.24) is 5.32 Å². The molecule has 2 atom stereocenters. The van der Waals surface area contributed by atoms with Crippen LogP contribution in [0.2, 0.25) is 0 Å². The van der Waals surface area contributed by atoms with Gasteiger partial charge < -0.3 is 15.2 Å². The Morgan fingerprint density at radius 3 is 2.60 bits per heavy atom. The first-order valence-corrected chi connectivity index (χ1v) is 6.35. The van der Waals surface area contributed by atoms with E-state index < -0.39 is 24.0 Å². The maximum Gasteiger partial charge on any atom is 0.407 e. The van der Waals surface area contributed by atoms with Crippen molar-refractivity contribution in [3.05, 3.63) is 48.6 Å². The molecule has 1 rings (SSSR count). The first-order valence-electron chi connectivity index (χ1n) is 6.35. The summed E-state index contributed by atoms with van der Waals surface area (Å²) in [6, 6.07) is 8.76. The van der Waals surface area contributed by atoms with E-state index in [0.29, 0.717) is 6.42 Å². The third kappa shape index (κ3) is 5.14. The highest BCUT2D eigenvalue weighted by atomic mass is 16.5. The van der Waals surface area contributed by atoms with E-state index in [0.717, 1.165) is 5.56 Å². The molecule has 5 nitrogen and oxygen atoms in total. The number of rotatable bonds is 7. The molecule has 1 aromatic carbocycles. The highest BCUT2D eigenvalue weighted by Crippen LogP contribution is 2.13. The number of carboxylic acid groups (broad SMARTS) is 1. The van der Waals surface area contributed by atoms with Gasteiger partial charge in [0.1, 0.15) is 6.61 Å². The number of amides is 1. The van der Waals surface area contributed by atoms with Crippen LogP contribution in [0.25, 0.3) is 0 Å². The molecule has 20 heavy (non-hydrogen) atoms. The lowest BCUT2D eigenvalue weighted by atomic mass is 9.93. The smallest absolute Gasteiger partial charge is 0.407 e. The standard InChI is InChI=1S/C15H19NO4/c1-3-9-20-15(19)16-11(2)13(14(17)18)10-12-7-5-4-6-8-12/h3-8,11,13H,1,9-10H2,2H3,(H,16,19)(H,17,18). The fourth-order valence-electron chi connectivity index (χ4n) is 1.81. The van der Waals surface area contributed by atoms with Crippen LogP contribution in [0.15, 0.2) is 43.0 Å². The van der Waals surface area contributed by atoms with Gasteiger partial charge in [-0.15, -0.1) is 0 Å². The molecule has 1 aromatic rings. The van der Waals surface area contributed by atoms with E-state index >= 15 is 0 Å². The number of hydrogen-bond donors (Lipinski definition) is 2. The summed E-state index contributed by atoms with van der Waals surface area (Å²) in [5.41, 5.74) is 0.910. The van der Waals surface area contributed by atoms with Crippen LogP contribution in [0, 0.1) is 5.92 Å². The highest BCUT2D eigenvalue weighted by molar-refractivity contribution is 5.73. The van der Waals surface area contributed by atoms with Gasteiger partial charge in [0.2, 0.25) is 0 Å². The third-order valence-electron chi connectivity index (χ3n) is 2.90. The zero-order valence-corrected chi connectivity index (χ0v) is 11.4. The van der Waals surface area contributed by atoms with Crippen molar-refractivity contribution >= 4 is 12.1 Å². The van der Waals surface area contributed by atoms with Gasteiger partial charge in [-0.1, -0.05) is 43.0 Å². The van der Waals surface area contributed by atoms with Crippen molar-refractivity contribution in [2.75, 3.05) is 6.61 Å². The monoisotopic (exact) mass is 277 g/mol. The third-order valence-corrected chi connectivity index (χ3v) is 2.90. The number of benzene rings is 1. The molecule has 5 heteroatoms. The second-order valence-electron chi connectivity index (χ2n) is 4.45. The largest absolute Gasteiger partial charge is 0.481 e. The minimum atomic E-state index is -0.953. The van der Waals surface area contributed by atoms with E-state index in [9.17, 15) is 14.7 Å². The van der Waals surface area contributed by atoms with Crippen LogP contribution in [-0.4, -0.2) is 29.8 Å². The van der Waals surface area contributed by atoms with E-state index in [1.54, 1.807) is 6.92 Å². The number of hydrogen-bond acceptors (Lipinski definition) is 3. The Morgan fingerprint density at radius 1 is 1.40 bits per heavy atom. The zero-order valence-electron chi connectivity index (χ0n) is 11.4. The molecule has 0 heterocycles. The zero-order chi connectivity index (χ0) is 15.0. The molecule has 0 aromatic heterocycles. The molecule has 0 fully saturated rings. The lowest BCUT2D eigenvalue weighted by molar-refractivity contribution is -0.142. The lowest BCUT2D eigenvalue weighted by Gasteiger charge is -2.21. The van der Waals surface area contributed by atoms with Gasteiger partial charge in [-0.05, 0) is 18.9 Å². The first kappa shape index (κ1) is 15.8. The van der Waals surface area contributed by atoms with Crippen LogP contribution in [0.1, 0.15) is 12.5 Å². The van der Waals surface area contributed by atoms with Gasteiger partial charge in [-0.25, -0.2) is 4.79 Å². The summed E-state index contributed by atoms with van der Waals surface area (Å²) < 4.78 is 4.78. The van der Waals surface area contributed by atoms with Gasteiger partial charge in [0, 0.05) is 6.04 Å². The molecule has 0 aliphatic rings. The average Bonchev–Trinajstić information content (AvgIpc) is 2.43. The molecule has 2 N–H and O–H groups in total. The van der Waals surface area contributed by atoms with Gasteiger partial charge in [0.15, 0.2) is 0 Å². The highest BCUT2D eigenvalue weighted by Gasteiger charge is 2.26. The normalized spacial score (nSPS) is 13.1. The number of carbonyl (C=O) groups excluding carboxylic acids is 1. The van der Waals surface area contributed by atoms with Crippen LogP contribution in [0.4, 0.5) is 4.79 Å². The molecular weight excluding hydrogens is 258 g/mol. The minimum absolute atomic E-state index is 0.0922. The SMILES string of the molecule is C=CCOC(=O)NC(C)C(Cc1ccccc1)C(=O)O. The number of aliphatic carboxylic acids is 1. The summed E-state index contributed by atoms with van der Waals surface area (Å²) in [5.74, 6) is -1.67. The molecule has 108 valence electrons. The summed E-state index contributed by atoms with van der Waals surface area (Å²) in [4.78, 5) is 22.8. The number of ether oxygens (including phenoxy) is 1. The van der Waals surface area contributed by atoms with Crippen LogP contribution in [0.3, 0.4) is 0 Å². The summed E-state index contributed by atoms with van der Waals surface area (Å²) in [7, 11) is 0. The first-order chi connectivity index (χ1) is 9.54. The Balaban J connectivity index is 2.63. The van der Waals surface area contributed by atoms with Crippen molar-refractivity contribution in [3.63, 3.8) is 0 Å². The quantitative estimate of drug-likeness (QED) is 0.749. The Hall–Kier alpha value is -2.30. The molecule has 0 aliphatic heterocycles. The summed E-state index contributed by atoms with van der Waals surface area (Å²) >= 11 is 0. The second-order valence-corrected chi connectivity index (χ2v) is 4.45. The van der Waals surface area contributed by atoms with Gasteiger partial charge in [-0.2, -0.15) is 0 Å². The van der Waals surface area contributed by atoms with Gasteiger partial charge in [0.25, 0.3) is 0 Å². The topological polar surface area (TPSA) is 75.6 Å². The molecule has 0 saturated heterocycles. The maximum absolute atomic E-state index is 11.4. The van der Waals surface area contributed by atoms with Gasteiger partial charge >= 0.3 is 12.1 Å². The number of carboxylic acids is 1. The Bertz CT molecular complexity index is 458. The van der Waals surface area contributed by atoms with Gasteiger partial charge in [-0.3, -0.25) is 4.79 Å². The number of alkyl carbamates (subject to hydrolysis) is 1. The predicted molar refractivity (Wildman–Crippen MR) is 75.4 cm³/mol. The van der Waals surface area contributed by atoms with Crippen LogP contribution in [-0.2, 0) is 16.0 Å². The summed E-state index contributed by atoms with van der Waals surface area (Å²) in [5, 5.41) is 11.8. The fraction of sp³-hybridized carbons (Fsp3) is 0.333. The number of nitrogens with one attached hydrogen (secondary N) is 1. The van der Waals surface area contributed by atoms with Gasteiger partial charge in [0.05, 0.1) is 5.92 Å². The summed E-state index contributed by atoms with van der Waals surface area (Å²) in [6.07, 6.45) is 1.15. The Labute approximate surface area is 118 Å². The second kappa shape index (κ2) is 7.99. The van der Waals surface area contributed by atoms with E-state index in [2.05, 4.69) is 11.9 Å². The maximum atomic E-state index is 11.4. The Kier molecular flexibility index (Phi) is 6.29. The number of carbonyl (C=O) groups is 2. The predicted octanol–water partition coefficient (Wildman–Crippen LogP) is 2.23. The van der Waals surface area contributed by atoms with E-state index in [1.165, 1.54) is 6.08 Å². The minimum Gasteiger partial charge on any atom is -0.481 e. The van der Waals surface area contributed by atoms with Crippen molar-refractivity contribution in [1.29, 1.82) is 0 Å². The van der Waals surface area contributed by atoms with Crippen molar-refractivity contribution in [3.8, 4) is 0 Å². The van der Waals surface area contributed by atoms with Crippen LogP contribution < -0.4 is 5.32 Å². The molecule has 0 radical (unpaired) electrons. The van der Waals surface area contributed by atoms with Crippen LogP contribution in [0.5, 0.6) is 0 Å². The molecule has 0 aliphatic carbocycles. The van der Waals surface area contributed by atoms with E-state index in [-0.39, 0.29) is 6.61 Å². The molecule has 0 spiro atoms. The average molecular weight is 277 g/mol. The molecular formula is C15H19NO4. The van der Waals surface area contributed by atoms with Crippen molar-refractivity contribution < 1.29 is 19.4 Å². The fourth-order valence-corrected chi connectivity index (χ4v) is 1.81. The van der Waals surface area contributed by atoms with Crippen molar-refractivity contribution in [2.24, 2.45) is 5.92 Å². The molecule has 0 saturated carbocycles. The van der Waals surface area contributed by atoms with Crippen LogP contribution >= 0.6 is 0 Å².